The molecule has 1 aliphatic heterocycles. The van der Waals surface area contributed by atoms with Crippen molar-refractivity contribution >= 4 is 17.6 Å². The van der Waals surface area contributed by atoms with Crippen LogP contribution in [0.4, 0.5) is 0 Å². The Bertz CT molecular complexity index is 1150. The van der Waals surface area contributed by atoms with Gasteiger partial charge in [0.25, 0.3) is 0 Å². The third-order valence-corrected chi connectivity index (χ3v) is 8.39. The molecule has 2 aliphatic rings. The standard InChI is InChI=1S/C31H41N3O5/c1-20(35)27(16-21-12-14-24(36)15-13-21)33-31(38)28-17-23(22-8-4-3-5-9-22)19-34(28)30(37)18-26(32)25-10-6-7-11-29(25)39-2/h6-7,10-15,22-23,26-28,36H,3-5,8-9,16-19,32H2,1-2H3,(H,33,38)/t23?,26-,27-,28-/m0/s1. The summed E-state index contributed by atoms with van der Waals surface area (Å²) < 4.78 is 5.44. The predicted octanol–water partition coefficient (Wildman–Crippen LogP) is 3.90. The number of carbonyl (C=O) groups excluding carboxylic acids is 3. The Hall–Kier alpha value is -3.39. The first-order valence-corrected chi connectivity index (χ1v) is 14.0. The third-order valence-electron chi connectivity index (χ3n) is 8.39. The summed E-state index contributed by atoms with van der Waals surface area (Å²) >= 11 is 0. The van der Waals surface area contributed by atoms with Gasteiger partial charge in [-0.15, -0.1) is 0 Å². The highest BCUT2D eigenvalue weighted by Crippen LogP contribution is 2.38. The molecule has 2 amide bonds. The van der Waals surface area contributed by atoms with Gasteiger partial charge in [-0.2, -0.15) is 0 Å². The van der Waals surface area contributed by atoms with E-state index in [4.69, 9.17) is 10.5 Å². The lowest BCUT2D eigenvalue weighted by Gasteiger charge is -2.28. The number of ether oxygens (including phenoxy) is 1. The number of nitrogens with one attached hydrogen (secondary N) is 1. The molecule has 0 spiro atoms. The second-order valence-electron chi connectivity index (χ2n) is 11.1. The number of hydrogen-bond donors (Lipinski definition) is 3. The summed E-state index contributed by atoms with van der Waals surface area (Å²) in [5.74, 6) is 0.899. The number of phenolic OH excluding ortho intramolecular Hbond substituents is 1. The molecular weight excluding hydrogens is 494 g/mol. The van der Waals surface area contributed by atoms with Crippen LogP contribution in [0.5, 0.6) is 11.5 Å². The lowest BCUT2D eigenvalue weighted by atomic mass is 9.79. The predicted molar refractivity (Wildman–Crippen MR) is 149 cm³/mol. The third kappa shape index (κ3) is 7.18. The number of nitrogens with two attached hydrogens (primary N) is 1. The van der Waals surface area contributed by atoms with Crippen LogP contribution in [0.1, 0.15) is 69.0 Å². The zero-order valence-electron chi connectivity index (χ0n) is 23.0. The quantitative estimate of drug-likeness (QED) is 0.424. The molecule has 1 unspecified atom stereocenters. The van der Waals surface area contributed by atoms with Gasteiger partial charge in [0, 0.05) is 24.6 Å². The van der Waals surface area contributed by atoms with Gasteiger partial charge in [0.15, 0.2) is 5.78 Å². The number of carbonyl (C=O) groups is 3. The van der Waals surface area contributed by atoms with E-state index >= 15 is 0 Å². The number of phenols is 1. The number of rotatable bonds is 10. The molecule has 39 heavy (non-hydrogen) atoms. The zero-order chi connectivity index (χ0) is 27.9. The first-order valence-electron chi connectivity index (χ1n) is 14.0. The molecule has 1 saturated carbocycles. The largest absolute Gasteiger partial charge is 0.508 e. The lowest BCUT2D eigenvalue weighted by Crippen LogP contribution is -2.51. The molecule has 4 rings (SSSR count). The van der Waals surface area contributed by atoms with Gasteiger partial charge in [0.05, 0.1) is 13.2 Å². The molecule has 1 saturated heterocycles. The normalized spacial score (nSPS) is 21.3. The van der Waals surface area contributed by atoms with Crippen LogP contribution in [-0.2, 0) is 20.8 Å². The number of likely N-dealkylation sites (tertiary alicyclic amines) is 1. The Labute approximate surface area is 230 Å². The fraction of sp³-hybridized carbons (Fsp3) is 0.516. The van der Waals surface area contributed by atoms with E-state index in [0.717, 1.165) is 24.0 Å². The van der Waals surface area contributed by atoms with Crippen molar-refractivity contribution in [2.45, 2.75) is 76.4 Å². The molecule has 1 heterocycles. The number of aromatic hydroxyl groups is 1. The van der Waals surface area contributed by atoms with E-state index in [-0.39, 0.29) is 35.7 Å². The summed E-state index contributed by atoms with van der Waals surface area (Å²) in [6.07, 6.45) is 6.82. The van der Waals surface area contributed by atoms with Gasteiger partial charge < -0.3 is 25.8 Å². The van der Waals surface area contributed by atoms with Crippen LogP contribution in [0, 0.1) is 11.8 Å². The van der Waals surface area contributed by atoms with Crippen LogP contribution in [-0.4, -0.2) is 53.3 Å². The molecule has 210 valence electrons. The average Bonchev–Trinajstić information content (AvgIpc) is 3.40. The van der Waals surface area contributed by atoms with E-state index in [2.05, 4.69) is 5.32 Å². The molecule has 1 aliphatic carbocycles. The van der Waals surface area contributed by atoms with Crippen LogP contribution in [0.15, 0.2) is 48.5 Å². The van der Waals surface area contributed by atoms with Crippen LogP contribution in [0.2, 0.25) is 0 Å². The zero-order valence-corrected chi connectivity index (χ0v) is 23.0. The average molecular weight is 536 g/mol. The smallest absolute Gasteiger partial charge is 0.243 e. The van der Waals surface area contributed by atoms with Crippen LogP contribution < -0.4 is 15.8 Å². The maximum atomic E-state index is 13.7. The van der Waals surface area contributed by atoms with Gasteiger partial charge >= 0.3 is 0 Å². The van der Waals surface area contributed by atoms with E-state index in [9.17, 15) is 19.5 Å². The Kier molecular flexibility index (Phi) is 9.62. The lowest BCUT2D eigenvalue weighted by molar-refractivity contribution is -0.139. The van der Waals surface area contributed by atoms with Crippen molar-refractivity contribution in [2.75, 3.05) is 13.7 Å². The molecule has 2 fully saturated rings. The summed E-state index contributed by atoms with van der Waals surface area (Å²) in [5.41, 5.74) is 8.05. The molecule has 2 aromatic carbocycles. The van der Waals surface area contributed by atoms with Gasteiger partial charge in [-0.3, -0.25) is 14.4 Å². The fourth-order valence-electron chi connectivity index (χ4n) is 6.16. The number of amides is 2. The Balaban J connectivity index is 1.50. The number of benzene rings is 2. The molecule has 8 nitrogen and oxygen atoms in total. The maximum Gasteiger partial charge on any atom is 0.243 e. The summed E-state index contributed by atoms with van der Waals surface area (Å²) in [7, 11) is 1.58. The molecule has 0 bridgehead atoms. The SMILES string of the molecule is COc1ccccc1[C@@H](N)CC(=O)N1CC(C2CCCCC2)C[C@H]1C(=O)N[C@@H](Cc1ccc(O)cc1)C(C)=O. The Morgan fingerprint density at radius 2 is 1.74 bits per heavy atom. The van der Waals surface area contributed by atoms with Crippen LogP contribution in [0.3, 0.4) is 0 Å². The van der Waals surface area contributed by atoms with Crippen molar-refractivity contribution in [3.63, 3.8) is 0 Å². The number of ketones is 1. The van der Waals surface area contributed by atoms with Crippen molar-refractivity contribution in [1.82, 2.24) is 10.2 Å². The summed E-state index contributed by atoms with van der Waals surface area (Å²) in [4.78, 5) is 41.5. The molecule has 4 atom stereocenters. The van der Waals surface area contributed by atoms with E-state index in [1.165, 1.54) is 26.2 Å². The highest BCUT2D eigenvalue weighted by Gasteiger charge is 2.43. The van der Waals surface area contributed by atoms with Crippen LogP contribution >= 0.6 is 0 Å². The van der Waals surface area contributed by atoms with E-state index < -0.39 is 18.1 Å². The van der Waals surface area contributed by atoms with Crippen molar-refractivity contribution < 1.29 is 24.2 Å². The number of hydrogen-bond acceptors (Lipinski definition) is 6. The molecule has 2 aromatic rings. The maximum absolute atomic E-state index is 13.7. The first kappa shape index (κ1) is 28.6. The van der Waals surface area contributed by atoms with Crippen molar-refractivity contribution in [3.8, 4) is 11.5 Å². The minimum Gasteiger partial charge on any atom is -0.508 e. The molecule has 0 aromatic heterocycles. The second-order valence-corrected chi connectivity index (χ2v) is 11.1. The van der Waals surface area contributed by atoms with E-state index in [1.807, 2.05) is 24.3 Å². The topological polar surface area (TPSA) is 122 Å². The van der Waals surface area contributed by atoms with Gasteiger partial charge in [-0.1, -0.05) is 62.4 Å². The minimum absolute atomic E-state index is 0.0607. The summed E-state index contributed by atoms with van der Waals surface area (Å²) in [5, 5.41) is 12.5. The number of Topliss-reactive ketones (excluding diaryl/α,β-unsaturated/α-hetero) is 1. The first-order chi connectivity index (χ1) is 18.8. The summed E-state index contributed by atoms with van der Waals surface area (Å²) in [6.45, 7) is 1.99. The molecule has 4 N–H and O–H groups in total. The number of methoxy groups -OCH3 is 1. The fourth-order valence-corrected chi connectivity index (χ4v) is 6.16. The Morgan fingerprint density at radius 3 is 2.41 bits per heavy atom. The highest BCUT2D eigenvalue weighted by molar-refractivity contribution is 5.92. The monoisotopic (exact) mass is 535 g/mol. The number of para-hydroxylation sites is 1. The van der Waals surface area contributed by atoms with Gasteiger partial charge in [-0.25, -0.2) is 0 Å². The van der Waals surface area contributed by atoms with Gasteiger partial charge in [0.1, 0.15) is 17.5 Å². The van der Waals surface area contributed by atoms with Crippen molar-refractivity contribution in [3.05, 3.63) is 59.7 Å². The van der Waals surface area contributed by atoms with Gasteiger partial charge in [0.2, 0.25) is 11.8 Å². The highest BCUT2D eigenvalue weighted by atomic mass is 16.5. The van der Waals surface area contributed by atoms with Crippen molar-refractivity contribution in [2.24, 2.45) is 17.6 Å². The van der Waals surface area contributed by atoms with E-state index in [0.29, 0.717) is 31.1 Å². The minimum atomic E-state index is -0.719. The second kappa shape index (κ2) is 13.1. The Morgan fingerprint density at radius 1 is 1.05 bits per heavy atom. The van der Waals surface area contributed by atoms with Gasteiger partial charge in [-0.05, 0) is 55.4 Å². The van der Waals surface area contributed by atoms with Crippen molar-refractivity contribution in [1.29, 1.82) is 0 Å². The summed E-state index contributed by atoms with van der Waals surface area (Å²) in [6, 6.07) is 12.1. The van der Waals surface area contributed by atoms with E-state index in [1.54, 1.807) is 36.3 Å². The molecule has 0 radical (unpaired) electrons. The van der Waals surface area contributed by atoms with Crippen LogP contribution in [0.25, 0.3) is 0 Å². The molecule has 8 heteroatoms. The number of nitrogens with zero attached hydrogens (tertiary/aromatic N) is 1. The molecular formula is C31H41N3O5.